The third kappa shape index (κ3) is 7.46. The fourth-order valence-corrected chi connectivity index (χ4v) is 5.49. The van der Waals surface area contributed by atoms with Crippen LogP contribution < -0.4 is 9.47 Å². The van der Waals surface area contributed by atoms with Crippen LogP contribution in [0.2, 0.25) is 18.1 Å². The summed E-state index contributed by atoms with van der Waals surface area (Å²) >= 11 is 3.41. The second kappa shape index (κ2) is 12.4. The molecule has 3 rings (SSSR count). The summed E-state index contributed by atoms with van der Waals surface area (Å²) in [5.74, 6) is 1.04. The zero-order valence-electron chi connectivity index (χ0n) is 23.1. The Bertz CT molecular complexity index is 1170. The zero-order valence-corrected chi connectivity index (χ0v) is 25.7. The van der Waals surface area contributed by atoms with Gasteiger partial charge in [0.05, 0.1) is 13.2 Å². The van der Waals surface area contributed by atoms with E-state index in [1.165, 1.54) is 0 Å². The van der Waals surface area contributed by atoms with Crippen molar-refractivity contribution in [3.05, 3.63) is 83.0 Å². The summed E-state index contributed by atoms with van der Waals surface area (Å²) in [5.41, 5.74) is 1.54. The van der Waals surface area contributed by atoms with Crippen molar-refractivity contribution in [2.24, 2.45) is 0 Å². The number of para-hydroxylation sites is 1. The molecule has 1 aliphatic heterocycles. The number of amides is 1. The fraction of sp³-hybridized carbons (Fsp3) is 0.400. The molecule has 2 aromatic rings. The molecule has 0 unspecified atom stereocenters. The van der Waals surface area contributed by atoms with Gasteiger partial charge in [-0.2, -0.15) is 0 Å². The first-order valence-electron chi connectivity index (χ1n) is 12.8. The summed E-state index contributed by atoms with van der Waals surface area (Å²) in [7, 11) is -0.756. The molecule has 0 aliphatic carbocycles. The maximum Gasteiger partial charge on any atom is 0.419 e. The third-order valence-corrected chi connectivity index (χ3v) is 12.1. The monoisotopic (exact) mass is 599 g/mol. The first-order chi connectivity index (χ1) is 17.8. The van der Waals surface area contributed by atoms with Gasteiger partial charge < -0.3 is 13.9 Å². The van der Waals surface area contributed by atoms with Crippen LogP contribution in [0.4, 0.5) is 4.79 Å². The van der Waals surface area contributed by atoms with E-state index in [1.54, 1.807) is 30.2 Å². The maximum atomic E-state index is 13.8. The van der Waals surface area contributed by atoms with Crippen LogP contribution in [0.25, 0.3) is 0 Å². The van der Waals surface area contributed by atoms with E-state index in [0.29, 0.717) is 30.7 Å². The van der Waals surface area contributed by atoms with E-state index in [2.05, 4.69) is 56.4 Å². The summed E-state index contributed by atoms with van der Waals surface area (Å²) in [6.07, 6.45) is 1.61. The minimum atomic E-state index is -2.38. The largest absolute Gasteiger partial charge is 0.497 e. The molecule has 0 radical (unpaired) electrons. The highest BCUT2D eigenvalue weighted by molar-refractivity contribution is 9.11. The minimum Gasteiger partial charge on any atom is -0.497 e. The smallest absolute Gasteiger partial charge is 0.419 e. The number of benzene rings is 2. The van der Waals surface area contributed by atoms with E-state index in [0.717, 1.165) is 15.8 Å². The Morgan fingerprint density at radius 1 is 1.05 bits per heavy atom. The Morgan fingerprint density at radius 3 is 2.24 bits per heavy atom. The molecule has 0 fully saturated rings. The van der Waals surface area contributed by atoms with Crippen LogP contribution >= 0.6 is 15.9 Å². The number of methoxy groups -OCH3 is 1. The van der Waals surface area contributed by atoms with Crippen LogP contribution in [-0.4, -0.2) is 44.3 Å². The summed E-state index contributed by atoms with van der Waals surface area (Å²) in [6.45, 7) is 14.6. The summed E-state index contributed by atoms with van der Waals surface area (Å²) in [4.78, 5) is 29.1. The molecule has 8 heteroatoms. The van der Waals surface area contributed by atoms with Gasteiger partial charge in [-0.3, -0.25) is 9.69 Å². The normalized spacial score (nSPS) is 18.1. The zero-order chi connectivity index (χ0) is 28.1. The Kier molecular flexibility index (Phi) is 9.78. The first-order valence-corrected chi connectivity index (χ1v) is 16.5. The number of ether oxygens (including phenoxy) is 2. The number of nitrogens with zero attached hydrogens (tertiary/aromatic N) is 1. The molecule has 1 amide bonds. The molecular formula is C30H38BrNO5Si. The molecule has 0 saturated heterocycles. The van der Waals surface area contributed by atoms with Crippen LogP contribution in [-0.2, 0) is 15.6 Å². The van der Waals surface area contributed by atoms with E-state index in [9.17, 15) is 9.59 Å². The van der Waals surface area contributed by atoms with Crippen molar-refractivity contribution in [1.82, 2.24) is 4.90 Å². The second-order valence-corrected chi connectivity index (χ2v) is 16.9. The van der Waals surface area contributed by atoms with Gasteiger partial charge >= 0.3 is 6.09 Å². The number of carbonyl (C=O) groups is 2. The lowest BCUT2D eigenvalue weighted by atomic mass is 9.92. The van der Waals surface area contributed by atoms with Crippen LogP contribution in [0, 0.1) is 0 Å². The van der Waals surface area contributed by atoms with Gasteiger partial charge in [-0.15, -0.1) is 0 Å². The topological polar surface area (TPSA) is 65.1 Å². The van der Waals surface area contributed by atoms with Gasteiger partial charge in [0.15, 0.2) is 14.1 Å². The lowest BCUT2D eigenvalue weighted by Crippen LogP contribution is -2.59. The van der Waals surface area contributed by atoms with E-state index in [4.69, 9.17) is 13.9 Å². The molecule has 1 heterocycles. The third-order valence-electron chi connectivity index (χ3n) is 7.21. The molecule has 0 saturated carbocycles. The van der Waals surface area contributed by atoms with E-state index in [-0.39, 0.29) is 10.8 Å². The molecule has 0 bridgehead atoms. The van der Waals surface area contributed by atoms with Crippen LogP contribution in [0.1, 0.15) is 39.2 Å². The van der Waals surface area contributed by atoms with Crippen molar-refractivity contribution < 1.29 is 23.5 Å². The number of hydrogen-bond donors (Lipinski definition) is 0. The van der Waals surface area contributed by atoms with Crippen LogP contribution in [0.3, 0.4) is 0 Å². The standard InChI is InChI=1S/C30H38BrNO5Si/c1-21(31)13-16-23-20-27(33)28(37-38(6,7)30(2,3)4)26(19-22-14-17-24(35-5)18-15-22)32(23)29(34)36-25-11-9-8-10-12-25/h8-12,14-15,17-18,20,26,28H,1,13,16,19H2,2-7H3/t26-,28-/m0/s1. The van der Waals surface area contributed by atoms with Gasteiger partial charge in [-0.1, -0.05) is 73.6 Å². The Labute approximate surface area is 235 Å². The lowest BCUT2D eigenvalue weighted by molar-refractivity contribution is -0.125. The molecule has 0 aromatic heterocycles. The van der Waals surface area contributed by atoms with Crippen molar-refractivity contribution in [2.75, 3.05) is 7.11 Å². The van der Waals surface area contributed by atoms with Crippen molar-refractivity contribution in [3.8, 4) is 11.5 Å². The molecule has 0 spiro atoms. The molecule has 0 N–H and O–H groups in total. The lowest BCUT2D eigenvalue weighted by Gasteiger charge is -2.45. The van der Waals surface area contributed by atoms with Crippen molar-refractivity contribution in [2.45, 2.75) is 70.3 Å². The molecule has 2 aromatic carbocycles. The average Bonchev–Trinajstić information content (AvgIpc) is 2.85. The Hall–Kier alpha value is -2.68. The Balaban J connectivity index is 2.08. The van der Waals surface area contributed by atoms with Gasteiger partial charge in [-0.05, 0) is 71.7 Å². The Morgan fingerprint density at radius 2 is 1.68 bits per heavy atom. The van der Waals surface area contributed by atoms with E-state index >= 15 is 0 Å². The van der Waals surface area contributed by atoms with Crippen LogP contribution in [0.15, 0.2) is 77.4 Å². The fourth-order valence-electron chi connectivity index (χ4n) is 4.03. The number of halogens is 1. The second-order valence-electron chi connectivity index (χ2n) is 11.0. The quantitative estimate of drug-likeness (QED) is 0.277. The van der Waals surface area contributed by atoms with Gasteiger partial charge in [0, 0.05) is 11.8 Å². The molecular weight excluding hydrogens is 562 g/mol. The van der Waals surface area contributed by atoms with E-state index in [1.807, 2.05) is 42.5 Å². The predicted molar refractivity (Wildman–Crippen MR) is 157 cm³/mol. The first kappa shape index (κ1) is 29.9. The SMILES string of the molecule is C=C(Br)CCC1=CC(=O)[C@@H](O[Si](C)(C)C(C)(C)C)[C@H](Cc2ccc(OC)cc2)N1C(=O)Oc1ccccc1. The number of hydrogen-bond acceptors (Lipinski definition) is 5. The van der Waals surface area contributed by atoms with Crippen molar-refractivity contribution in [1.29, 1.82) is 0 Å². The van der Waals surface area contributed by atoms with Crippen LogP contribution in [0.5, 0.6) is 11.5 Å². The molecule has 38 heavy (non-hydrogen) atoms. The van der Waals surface area contributed by atoms with E-state index < -0.39 is 26.6 Å². The van der Waals surface area contributed by atoms with Crippen molar-refractivity contribution >= 4 is 36.1 Å². The molecule has 2 atom stereocenters. The summed E-state index contributed by atoms with van der Waals surface area (Å²) in [6, 6.07) is 16.0. The molecule has 1 aliphatic rings. The maximum absolute atomic E-state index is 13.8. The summed E-state index contributed by atoms with van der Waals surface area (Å²) in [5, 5.41) is -0.120. The predicted octanol–water partition coefficient (Wildman–Crippen LogP) is 7.65. The van der Waals surface area contributed by atoms with Gasteiger partial charge in [-0.25, -0.2) is 4.79 Å². The summed E-state index contributed by atoms with van der Waals surface area (Å²) < 4.78 is 18.7. The molecule has 6 nitrogen and oxygen atoms in total. The van der Waals surface area contributed by atoms with Gasteiger partial charge in [0.25, 0.3) is 0 Å². The number of carbonyl (C=O) groups excluding carboxylic acids is 2. The van der Waals surface area contributed by atoms with Gasteiger partial charge in [0.1, 0.15) is 17.6 Å². The highest BCUT2D eigenvalue weighted by atomic mass is 79.9. The van der Waals surface area contributed by atoms with Gasteiger partial charge in [0.2, 0.25) is 0 Å². The highest BCUT2D eigenvalue weighted by Gasteiger charge is 2.47. The van der Waals surface area contributed by atoms with Crippen molar-refractivity contribution in [3.63, 3.8) is 0 Å². The average molecular weight is 601 g/mol. The minimum absolute atomic E-state index is 0.120. The number of rotatable bonds is 9. The highest BCUT2D eigenvalue weighted by Crippen LogP contribution is 2.40. The molecule has 204 valence electrons. The number of allylic oxidation sites excluding steroid dienone is 2. The number of ketones is 1.